The predicted octanol–water partition coefficient (Wildman–Crippen LogP) is 4.91. The first-order chi connectivity index (χ1) is 31.4. The van der Waals surface area contributed by atoms with Crippen molar-refractivity contribution in [2.75, 3.05) is 26.7 Å². The third-order valence-electron chi connectivity index (χ3n) is 12.2. The molecule has 3 saturated heterocycles. The van der Waals surface area contributed by atoms with Gasteiger partial charge in [-0.25, -0.2) is 14.4 Å². The summed E-state index contributed by atoms with van der Waals surface area (Å²) in [6.07, 6.45) is -2.07. The molecule has 3 aromatic rings. The number of ether oxygens (including phenoxy) is 3. The summed E-state index contributed by atoms with van der Waals surface area (Å²) in [6, 6.07) is 14.3. The fourth-order valence-corrected chi connectivity index (χ4v) is 10.1. The molecule has 4 amide bonds. The Hall–Kier alpha value is -7.14. The number of thioether (sulfide) groups is 1. The molecule has 0 radical (unpaired) electrons. The average Bonchev–Trinajstić information content (AvgIpc) is 4.02. The molecule has 4 aliphatic rings. The van der Waals surface area contributed by atoms with Crippen molar-refractivity contribution in [3.63, 3.8) is 0 Å². The number of likely N-dealkylation sites (tertiary alicyclic amines) is 2. The van der Waals surface area contributed by atoms with E-state index in [1.165, 1.54) is 111 Å². The number of likely N-dealkylation sites (N-methyl/N-ethyl adjacent to an activating group) is 1. The van der Waals surface area contributed by atoms with Crippen LogP contribution < -0.4 is 0 Å². The number of carbonyl (C=O) groups excluding carboxylic acids is 5. The van der Waals surface area contributed by atoms with Gasteiger partial charge in [-0.2, -0.15) is 0 Å². The van der Waals surface area contributed by atoms with Crippen molar-refractivity contribution in [1.29, 1.82) is 0 Å². The molecular formula is C43H45N7O15S. The SMILES string of the molecule is C[C@@H](O)[C@H]1C(=O)N2C(C(=O)OCc3ccc([N+](=O)[O-])cc3)=C(S[C@H]3C[C@@H](C(=O)N(C)[C@H]4CCN(C(=O)OCc5ccc([N+](=O)[O-])cc5)C4)N(C(=O)OCc4ccc([N+](=O)[O-])cc4)C3)[C@H](C)[C@H]12. The number of nitro groups is 3. The van der Waals surface area contributed by atoms with E-state index in [1.807, 2.05) is 6.92 Å². The lowest BCUT2D eigenvalue weighted by Gasteiger charge is -2.46. The molecule has 4 aliphatic heterocycles. The lowest BCUT2D eigenvalue weighted by Crippen LogP contribution is -2.63. The van der Waals surface area contributed by atoms with Crippen molar-refractivity contribution >= 4 is 58.8 Å². The lowest BCUT2D eigenvalue weighted by molar-refractivity contribution is -0.385. The third-order valence-corrected chi connectivity index (χ3v) is 13.7. The Morgan fingerprint density at radius 2 is 1.27 bits per heavy atom. The van der Waals surface area contributed by atoms with Gasteiger partial charge in [0, 0.05) is 79.2 Å². The zero-order valence-corrected chi connectivity index (χ0v) is 36.6. The van der Waals surface area contributed by atoms with E-state index in [2.05, 4.69) is 0 Å². The summed E-state index contributed by atoms with van der Waals surface area (Å²) < 4.78 is 16.7. The number of hydrogen-bond acceptors (Lipinski definition) is 16. The van der Waals surface area contributed by atoms with Gasteiger partial charge in [0.25, 0.3) is 17.1 Å². The van der Waals surface area contributed by atoms with Gasteiger partial charge in [0.15, 0.2) is 0 Å². The molecule has 7 atom stereocenters. The number of rotatable bonds is 15. The van der Waals surface area contributed by atoms with Crippen LogP contribution in [0.2, 0.25) is 0 Å². The van der Waals surface area contributed by atoms with Crippen molar-refractivity contribution in [3.05, 3.63) is 130 Å². The molecule has 4 heterocycles. The largest absolute Gasteiger partial charge is 0.456 e. The van der Waals surface area contributed by atoms with Crippen LogP contribution in [0.1, 0.15) is 43.4 Å². The fraction of sp³-hybridized carbons (Fsp3) is 0.419. The van der Waals surface area contributed by atoms with Crippen molar-refractivity contribution in [1.82, 2.24) is 19.6 Å². The molecule has 3 fully saturated rings. The predicted molar refractivity (Wildman–Crippen MR) is 231 cm³/mol. The first-order valence-corrected chi connectivity index (χ1v) is 21.7. The summed E-state index contributed by atoms with van der Waals surface area (Å²) in [5, 5.41) is 43.3. The molecule has 7 rings (SSSR count). The summed E-state index contributed by atoms with van der Waals surface area (Å²) >= 11 is 1.21. The monoisotopic (exact) mass is 931 g/mol. The van der Waals surface area contributed by atoms with Crippen LogP contribution in [-0.4, -0.2) is 126 Å². The van der Waals surface area contributed by atoms with Crippen LogP contribution in [0.5, 0.6) is 0 Å². The smallest absolute Gasteiger partial charge is 0.410 e. The molecule has 0 aromatic heterocycles. The van der Waals surface area contributed by atoms with Gasteiger partial charge in [-0.05, 0) is 72.9 Å². The highest BCUT2D eigenvalue weighted by Crippen LogP contribution is 2.52. The van der Waals surface area contributed by atoms with E-state index < -0.39 is 86.1 Å². The second-order valence-electron chi connectivity index (χ2n) is 16.4. The molecule has 0 aliphatic carbocycles. The number of fused-ring (bicyclic) bond motifs is 1. The van der Waals surface area contributed by atoms with E-state index in [4.69, 9.17) is 14.2 Å². The Morgan fingerprint density at radius 3 is 1.76 bits per heavy atom. The Labute approximate surface area is 380 Å². The molecule has 3 aromatic carbocycles. The second-order valence-corrected chi connectivity index (χ2v) is 17.7. The van der Waals surface area contributed by atoms with E-state index in [-0.39, 0.29) is 68.6 Å². The van der Waals surface area contributed by atoms with Gasteiger partial charge in [-0.15, -0.1) is 11.8 Å². The molecule has 22 nitrogen and oxygen atoms in total. The molecule has 23 heteroatoms. The fourth-order valence-electron chi connectivity index (χ4n) is 8.63. The normalized spacial score (nSPS) is 22.6. The molecule has 348 valence electrons. The van der Waals surface area contributed by atoms with Crippen molar-refractivity contribution in [2.45, 2.75) is 76.0 Å². The standard InChI is InChI=1S/C43H45N7O15S/c1-24-36-35(25(2)51)40(53)47(36)37(41(54)63-21-26-4-10-29(11-5-26)48(57)58)38(24)66-33-18-34(46(20-33)43(56)65-23-28-8-14-31(15-9-28)50(61)62)39(52)44(3)32-16-17-45(19-32)42(55)64-22-27-6-12-30(13-7-27)49(59)60/h4-15,24-25,32-36,51H,16-23H2,1-3H3/t24-,25-,32+,33+,34+,35-,36-/m1/s1. The number of aliphatic hydroxyl groups excluding tert-OH is 1. The maximum Gasteiger partial charge on any atom is 0.410 e. The van der Waals surface area contributed by atoms with Crippen molar-refractivity contribution < 1.29 is 58.1 Å². The second kappa shape index (κ2) is 19.5. The summed E-state index contributed by atoms with van der Waals surface area (Å²) in [7, 11) is 1.56. The van der Waals surface area contributed by atoms with Gasteiger partial charge < -0.3 is 34.0 Å². The highest BCUT2D eigenvalue weighted by Gasteiger charge is 2.61. The van der Waals surface area contributed by atoms with Gasteiger partial charge in [0.2, 0.25) is 11.8 Å². The Kier molecular flexibility index (Phi) is 13.9. The highest BCUT2D eigenvalue weighted by molar-refractivity contribution is 8.03. The Balaban J connectivity index is 1.08. The molecular weight excluding hydrogens is 887 g/mol. The number of non-ortho nitro benzene ring substituents is 3. The minimum atomic E-state index is -1.08. The highest BCUT2D eigenvalue weighted by atomic mass is 32.2. The zero-order valence-electron chi connectivity index (χ0n) is 35.8. The number of nitrogens with zero attached hydrogens (tertiary/aromatic N) is 7. The summed E-state index contributed by atoms with van der Waals surface area (Å²) in [4.78, 5) is 106. The van der Waals surface area contributed by atoms with E-state index in [0.717, 1.165) is 0 Å². The lowest BCUT2D eigenvalue weighted by atomic mass is 9.79. The van der Waals surface area contributed by atoms with Crippen molar-refractivity contribution in [3.8, 4) is 0 Å². The van der Waals surface area contributed by atoms with Crippen molar-refractivity contribution in [2.24, 2.45) is 11.8 Å². The van der Waals surface area contributed by atoms with E-state index in [9.17, 15) is 59.4 Å². The van der Waals surface area contributed by atoms with Crippen LogP contribution in [0.3, 0.4) is 0 Å². The molecule has 66 heavy (non-hydrogen) atoms. The van der Waals surface area contributed by atoms with Gasteiger partial charge in [-0.3, -0.25) is 44.8 Å². The van der Waals surface area contributed by atoms with E-state index >= 15 is 0 Å². The number of benzene rings is 3. The van der Waals surface area contributed by atoms with Crippen LogP contribution in [0.25, 0.3) is 0 Å². The maximum absolute atomic E-state index is 14.5. The maximum atomic E-state index is 14.5. The van der Waals surface area contributed by atoms with Gasteiger partial charge in [0.05, 0.1) is 38.9 Å². The summed E-state index contributed by atoms with van der Waals surface area (Å²) in [5.41, 5.74) is 1.00. The van der Waals surface area contributed by atoms with Crippen LogP contribution in [-0.2, 0) is 48.4 Å². The van der Waals surface area contributed by atoms with E-state index in [0.29, 0.717) is 28.0 Å². The number of esters is 1. The molecule has 1 N–H and O–H groups in total. The van der Waals surface area contributed by atoms with Gasteiger partial charge in [-0.1, -0.05) is 6.92 Å². The quantitative estimate of drug-likeness (QED) is 0.0697. The van der Waals surface area contributed by atoms with Crippen LogP contribution in [0.4, 0.5) is 26.7 Å². The zero-order chi connectivity index (χ0) is 47.6. The van der Waals surface area contributed by atoms with Gasteiger partial charge in [0.1, 0.15) is 31.6 Å². The minimum Gasteiger partial charge on any atom is -0.456 e. The Morgan fingerprint density at radius 1 is 0.788 bits per heavy atom. The summed E-state index contributed by atoms with van der Waals surface area (Å²) in [5.74, 6) is -3.05. The molecule has 0 unspecified atom stereocenters. The van der Waals surface area contributed by atoms with Crippen LogP contribution in [0.15, 0.2) is 83.4 Å². The average molecular weight is 932 g/mol. The topological polar surface area (TPSA) is 276 Å². The first kappa shape index (κ1) is 46.8. The minimum absolute atomic E-state index is 0.0352. The third kappa shape index (κ3) is 9.76. The number of carbonyl (C=O) groups is 5. The Bertz CT molecular complexity index is 2450. The molecule has 0 bridgehead atoms. The first-order valence-electron chi connectivity index (χ1n) is 20.8. The van der Waals surface area contributed by atoms with Crippen LogP contribution in [0, 0.1) is 42.2 Å². The number of aliphatic hydroxyl groups is 1. The number of β-lactam (4-membered cyclic amide) rings is 1. The molecule has 0 spiro atoms. The number of hydrogen-bond donors (Lipinski definition) is 1. The van der Waals surface area contributed by atoms with Gasteiger partial charge >= 0.3 is 18.2 Å². The number of amides is 4. The molecule has 0 saturated carbocycles. The number of nitro benzene ring substituents is 3. The summed E-state index contributed by atoms with van der Waals surface area (Å²) in [6.45, 7) is 2.95. The van der Waals surface area contributed by atoms with Crippen LogP contribution >= 0.6 is 11.8 Å². The van der Waals surface area contributed by atoms with E-state index in [1.54, 1.807) is 7.05 Å².